The number of anilines is 1. The van der Waals surface area contributed by atoms with E-state index in [9.17, 15) is 0 Å². The van der Waals surface area contributed by atoms with Crippen molar-refractivity contribution in [2.24, 2.45) is 7.05 Å². The third kappa shape index (κ3) is 2.78. The minimum atomic E-state index is 0.559. The van der Waals surface area contributed by atoms with Crippen molar-refractivity contribution in [2.45, 2.75) is 31.1 Å². The molecule has 0 amide bonds. The van der Waals surface area contributed by atoms with Gasteiger partial charge in [0.25, 0.3) is 0 Å². The van der Waals surface area contributed by atoms with Crippen LogP contribution in [0.15, 0.2) is 29.2 Å². The van der Waals surface area contributed by atoms with Crippen LogP contribution in [0.4, 0.5) is 5.82 Å². The molecule has 2 N–H and O–H groups in total. The molecule has 102 valence electrons. The lowest BCUT2D eigenvalue weighted by atomic mass is 9.96. The first-order valence-corrected chi connectivity index (χ1v) is 7.77. The minimum absolute atomic E-state index is 0.559. The van der Waals surface area contributed by atoms with Crippen LogP contribution in [0.1, 0.15) is 31.7 Å². The van der Waals surface area contributed by atoms with Gasteiger partial charge in [-0.15, -0.1) is 11.8 Å². The molecule has 0 aliphatic heterocycles. The predicted octanol–water partition coefficient (Wildman–Crippen LogP) is 3.90. The molecule has 0 saturated heterocycles. The number of nitrogens with zero attached hydrogens (tertiary/aromatic N) is 2. The Morgan fingerprint density at radius 3 is 2.63 bits per heavy atom. The van der Waals surface area contributed by atoms with E-state index in [0.29, 0.717) is 11.7 Å². The second-order valence-electron chi connectivity index (χ2n) is 4.84. The number of rotatable bonds is 4. The van der Waals surface area contributed by atoms with E-state index < -0.39 is 0 Å². The molecule has 1 heterocycles. The standard InChI is InChI=1S/C15H21N3S/c1-5-10(2)12-8-11(6-7-14(12)19-4)13-9-15(16)18(3)17-13/h6-10H,5,16H2,1-4H3. The highest BCUT2D eigenvalue weighted by atomic mass is 32.2. The van der Waals surface area contributed by atoms with Crippen molar-refractivity contribution in [3.05, 3.63) is 29.8 Å². The number of nitrogens with two attached hydrogens (primary N) is 1. The van der Waals surface area contributed by atoms with Gasteiger partial charge in [-0.3, -0.25) is 4.68 Å². The summed E-state index contributed by atoms with van der Waals surface area (Å²) in [6, 6.07) is 8.49. The van der Waals surface area contributed by atoms with Crippen molar-refractivity contribution in [3.8, 4) is 11.3 Å². The monoisotopic (exact) mass is 275 g/mol. The average Bonchev–Trinajstić information content (AvgIpc) is 2.77. The van der Waals surface area contributed by atoms with Gasteiger partial charge in [-0.1, -0.05) is 19.9 Å². The summed E-state index contributed by atoms with van der Waals surface area (Å²) >= 11 is 1.80. The number of aryl methyl sites for hydroxylation is 1. The molecule has 1 unspecified atom stereocenters. The lowest BCUT2D eigenvalue weighted by Gasteiger charge is -2.14. The summed E-state index contributed by atoms with van der Waals surface area (Å²) in [5.41, 5.74) is 9.34. The largest absolute Gasteiger partial charge is 0.384 e. The predicted molar refractivity (Wildman–Crippen MR) is 83.5 cm³/mol. The Labute approximate surface area is 119 Å². The molecule has 1 aromatic carbocycles. The lowest BCUT2D eigenvalue weighted by molar-refractivity contribution is 0.719. The van der Waals surface area contributed by atoms with Gasteiger partial charge in [0.05, 0.1) is 5.69 Å². The first-order valence-electron chi connectivity index (χ1n) is 6.54. The molecule has 0 aliphatic carbocycles. The molecule has 3 nitrogen and oxygen atoms in total. The maximum atomic E-state index is 5.85. The summed E-state index contributed by atoms with van der Waals surface area (Å²) in [5, 5.41) is 4.45. The number of hydrogen-bond acceptors (Lipinski definition) is 3. The van der Waals surface area contributed by atoms with Crippen molar-refractivity contribution in [3.63, 3.8) is 0 Å². The summed E-state index contributed by atoms with van der Waals surface area (Å²) in [7, 11) is 1.87. The van der Waals surface area contributed by atoms with Crippen LogP contribution in [-0.4, -0.2) is 16.0 Å². The maximum absolute atomic E-state index is 5.85. The van der Waals surface area contributed by atoms with Gasteiger partial charge in [-0.25, -0.2) is 0 Å². The quantitative estimate of drug-likeness (QED) is 0.860. The van der Waals surface area contributed by atoms with E-state index in [0.717, 1.165) is 17.7 Å². The molecule has 1 atom stereocenters. The van der Waals surface area contributed by atoms with Crippen LogP contribution >= 0.6 is 11.8 Å². The van der Waals surface area contributed by atoms with Crippen LogP contribution in [0.3, 0.4) is 0 Å². The number of benzene rings is 1. The molecule has 0 saturated carbocycles. The molecule has 19 heavy (non-hydrogen) atoms. The molecule has 0 aliphatic rings. The average molecular weight is 275 g/mol. The fourth-order valence-electron chi connectivity index (χ4n) is 2.12. The van der Waals surface area contributed by atoms with Gasteiger partial charge in [0.1, 0.15) is 5.82 Å². The number of thioether (sulfide) groups is 1. The number of aromatic nitrogens is 2. The molecule has 4 heteroatoms. The van der Waals surface area contributed by atoms with Gasteiger partial charge >= 0.3 is 0 Å². The Hall–Kier alpha value is -1.42. The van der Waals surface area contributed by atoms with E-state index in [4.69, 9.17) is 5.73 Å². The molecular weight excluding hydrogens is 254 g/mol. The molecule has 0 fully saturated rings. The van der Waals surface area contributed by atoms with Crippen LogP contribution in [0, 0.1) is 0 Å². The smallest absolute Gasteiger partial charge is 0.121 e. The Kier molecular flexibility index (Phi) is 4.20. The number of nitrogen functional groups attached to an aromatic ring is 1. The molecule has 0 radical (unpaired) electrons. The van der Waals surface area contributed by atoms with E-state index >= 15 is 0 Å². The van der Waals surface area contributed by atoms with Crippen molar-refractivity contribution in [1.82, 2.24) is 9.78 Å². The molecule has 0 bridgehead atoms. The summed E-state index contributed by atoms with van der Waals surface area (Å²) < 4.78 is 1.71. The molecule has 2 rings (SSSR count). The van der Waals surface area contributed by atoms with Gasteiger partial charge in [-0.05, 0) is 36.3 Å². The van der Waals surface area contributed by atoms with Crippen molar-refractivity contribution in [2.75, 3.05) is 12.0 Å². The van der Waals surface area contributed by atoms with Gasteiger partial charge in [0.15, 0.2) is 0 Å². The lowest BCUT2D eigenvalue weighted by Crippen LogP contribution is -1.97. The van der Waals surface area contributed by atoms with E-state index in [1.807, 2.05) is 13.1 Å². The van der Waals surface area contributed by atoms with Crippen LogP contribution in [0.25, 0.3) is 11.3 Å². The topological polar surface area (TPSA) is 43.8 Å². The minimum Gasteiger partial charge on any atom is -0.384 e. The van der Waals surface area contributed by atoms with Crippen LogP contribution in [0.5, 0.6) is 0 Å². The van der Waals surface area contributed by atoms with Gasteiger partial charge < -0.3 is 5.73 Å². The third-order valence-electron chi connectivity index (χ3n) is 3.58. The molecular formula is C15H21N3S. The highest BCUT2D eigenvalue weighted by molar-refractivity contribution is 7.98. The Balaban J connectivity index is 2.48. The zero-order chi connectivity index (χ0) is 14.0. The SMILES string of the molecule is CCC(C)c1cc(-c2cc(N)n(C)n2)ccc1SC. The molecule has 2 aromatic rings. The van der Waals surface area contributed by atoms with Gasteiger partial charge in [0, 0.05) is 23.6 Å². The third-order valence-corrected chi connectivity index (χ3v) is 4.40. The van der Waals surface area contributed by atoms with Crippen LogP contribution in [0.2, 0.25) is 0 Å². The highest BCUT2D eigenvalue weighted by Gasteiger charge is 2.12. The fourth-order valence-corrected chi connectivity index (χ4v) is 2.82. The fraction of sp³-hybridized carbons (Fsp3) is 0.400. The molecule has 0 spiro atoms. The Bertz CT molecular complexity index is 555. The van der Waals surface area contributed by atoms with E-state index in [2.05, 4.69) is 43.4 Å². The summed E-state index contributed by atoms with van der Waals surface area (Å²) in [5.74, 6) is 1.25. The van der Waals surface area contributed by atoms with Crippen LogP contribution in [-0.2, 0) is 7.05 Å². The first-order chi connectivity index (χ1) is 9.06. The van der Waals surface area contributed by atoms with Crippen molar-refractivity contribution >= 4 is 17.6 Å². The summed E-state index contributed by atoms with van der Waals surface area (Å²) in [6.45, 7) is 4.49. The second-order valence-corrected chi connectivity index (χ2v) is 5.69. The van der Waals surface area contributed by atoms with Gasteiger partial charge in [0.2, 0.25) is 0 Å². The zero-order valence-electron chi connectivity index (χ0n) is 12.0. The van der Waals surface area contributed by atoms with E-state index in [1.165, 1.54) is 10.5 Å². The molecule has 1 aromatic heterocycles. The van der Waals surface area contributed by atoms with E-state index in [-0.39, 0.29) is 0 Å². The Morgan fingerprint density at radius 1 is 1.37 bits per heavy atom. The number of hydrogen-bond donors (Lipinski definition) is 1. The first kappa shape index (κ1) is 14.0. The van der Waals surface area contributed by atoms with E-state index in [1.54, 1.807) is 16.4 Å². The zero-order valence-corrected chi connectivity index (χ0v) is 12.8. The maximum Gasteiger partial charge on any atom is 0.121 e. The summed E-state index contributed by atoms with van der Waals surface area (Å²) in [4.78, 5) is 1.35. The normalized spacial score (nSPS) is 12.6. The highest BCUT2D eigenvalue weighted by Crippen LogP contribution is 2.33. The second kappa shape index (κ2) is 5.70. The Morgan fingerprint density at radius 2 is 2.11 bits per heavy atom. The van der Waals surface area contributed by atoms with Crippen molar-refractivity contribution in [1.29, 1.82) is 0 Å². The van der Waals surface area contributed by atoms with Crippen molar-refractivity contribution < 1.29 is 0 Å². The summed E-state index contributed by atoms with van der Waals surface area (Å²) in [6.07, 6.45) is 3.26. The van der Waals surface area contributed by atoms with Crippen LogP contribution < -0.4 is 5.73 Å². The van der Waals surface area contributed by atoms with Gasteiger partial charge in [-0.2, -0.15) is 5.10 Å².